The molecule has 0 saturated heterocycles. The van der Waals surface area contributed by atoms with Gasteiger partial charge in [-0.1, -0.05) is 36.4 Å². The highest BCUT2D eigenvalue weighted by molar-refractivity contribution is 5.78. The van der Waals surface area contributed by atoms with Crippen LogP contribution in [-0.4, -0.2) is 14.0 Å². The van der Waals surface area contributed by atoms with Crippen LogP contribution < -0.4 is 10.9 Å². The van der Waals surface area contributed by atoms with E-state index in [1.54, 1.807) is 16.7 Å². The minimum Gasteiger partial charge on any atom is -0.375 e. The van der Waals surface area contributed by atoms with E-state index in [-0.39, 0.29) is 11.6 Å². The van der Waals surface area contributed by atoms with E-state index in [9.17, 15) is 4.79 Å². The predicted octanol–water partition coefficient (Wildman–Crippen LogP) is 4.20. The number of rotatable bonds is 2. The Morgan fingerprint density at radius 3 is 2.64 bits per heavy atom. The number of nitrogens with zero attached hydrogens (tertiary/aromatic N) is 3. The molecule has 140 valence electrons. The lowest BCUT2D eigenvalue weighted by Crippen LogP contribution is -2.24. The molecule has 3 aromatic heterocycles. The summed E-state index contributed by atoms with van der Waals surface area (Å²) < 4.78 is 3.83. The highest BCUT2D eigenvalue weighted by Crippen LogP contribution is 2.38. The van der Waals surface area contributed by atoms with Gasteiger partial charge in [-0.3, -0.25) is 9.36 Å². The summed E-state index contributed by atoms with van der Waals surface area (Å²) in [5.41, 5.74) is 7.38. The van der Waals surface area contributed by atoms with Crippen molar-refractivity contribution in [2.75, 3.05) is 5.32 Å². The summed E-state index contributed by atoms with van der Waals surface area (Å²) in [6, 6.07) is 16.0. The van der Waals surface area contributed by atoms with Crippen molar-refractivity contribution < 1.29 is 0 Å². The first-order chi connectivity index (χ1) is 13.6. The number of benzene rings is 1. The molecule has 5 rings (SSSR count). The predicted molar refractivity (Wildman–Crippen MR) is 111 cm³/mol. The van der Waals surface area contributed by atoms with Crippen LogP contribution in [-0.2, 0) is 6.42 Å². The average Bonchev–Trinajstić information content (AvgIpc) is 3.02. The zero-order valence-electron chi connectivity index (χ0n) is 16.0. The number of nitrogens with one attached hydrogen (secondary N) is 1. The van der Waals surface area contributed by atoms with Crippen LogP contribution in [0.3, 0.4) is 0 Å². The Morgan fingerprint density at radius 1 is 1.07 bits per heavy atom. The first-order valence-corrected chi connectivity index (χ1v) is 9.64. The fraction of sp³-hybridized carbons (Fsp3) is 0.217. The van der Waals surface area contributed by atoms with Crippen molar-refractivity contribution in [2.24, 2.45) is 0 Å². The second-order valence-electron chi connectivity index (χ2n) is 7.40. The highest BCUT2D eigenvalue weighted by Gasteiger charge is 2.26. The maximum Gasteiger partial charge on any atom is 0.255 e. The van der Waals surface area contributed by atoms with Crippen LogP contribution in [0.2, 0.25) is 0 Å². The lowest BCUT2D eigenvalue weighted by atomic mass is 9.93. The smallest absolute Gasteiger partial charge is 0.255 e. The van der Waals surface area contributed by atoms with E-state index in [0.29, 0.717) is 0 Å². The summed E-state index contributed by atoms with van der Waals surface area (Å²) in [5, 5.41) is 3.73. The molecule has 0 fully saturated rings. The van der Waals surface area contributed by atoms with Crippen LogP contribution in [0, 0.1) is 13.8 Å². The standard InChI is InChI=1S/C23H22N4O/c1-15-16(2)27-14-20(26-13-7-6-10-21(26)28)18-11-12-19(17-8-4-3-5-9-17)25-22(18)23(27)24-15/h3-10,13-14,19,25H,11-12H2,1-2H3/t19-/m0/s1. The molecule has 4 heterocycles. The van der Waals surface area contributed by atoms with Crippen molar-refractivity contribution in [3.63, 3.8) is 0 Å². The zero-order chi connectivity index (χ0) is 19.3. The van der Waals surface area contributed by atoms with Crippen LogP contribution in [0.25, 0.3) is 11.3 Å². The van der Waals surface area contributed by atoms with Gasteiger partial charge in [0.25, 0.3) is 5.56 Å². The molecular weight excluding hydrogens is 348 g/mol. The van der Waals surface area contributed by atoms with Gasteiger partial charge in [-0.2, -0.15) is 0 Å². The Hall–Kier alpha value is -3.34. The van der Waals surface area contributed by atoms with E-state index in [4.69, 9.17) is 4.98 Å². The molecule has 1 aliphatic rings. The number of fused-ring (bicyclic) bond motifs is 3. The molecule has 1 N–H and O–H groups in total. The van der Waals surface area contributed by atoms with E-state index in [1.807, 2.05) is 25.3 Å². The van der Waals surface area contributed by atoms with E-state index in [2.05, 4.69) is 47.1 Å². The van der Waals surface area contributed by atoms with Gasteiger partial charge in [0.1, 0.15) is 0 Å². The number of hydrogen-bond acceptors (Lipinski definition) is 3. The van der Waals surface area contributed by atoms with Crippen LogP contribution in [0.1, 0.15) is 35.0 Å². The largest absolute Gasteiger partial charge is 0.375 e. The van der Waals surface area contributed by atoms with Crippen molar-refractivity contribution in [1.29, 1.82) is 0 Å². The number of pyridine rings is 2. The Kier molecular flexibility index (Phi) is 3.83. The van der Waals surface area contributed by atoms with Crippen molar-refractivity contribution in [3.8, 4) is 5.69 Å². The lowest BCUT2D eigenvalue weighted by Gasteiger charge is -2.29. The zero-order valence-corrected chi connectivity index (χ0v) is 16.0. The molecule has 0 bridgehead atoms. The molecule has 0 amide bonds. The van der Waals surface area contributed by atoms with Crippen LogP contribution in [0.5, 0.6) is 0 Å². The first-order valence-electron chi connectivity index (χ1n) is 9.64. The van der Waals surface area contributed by atoms with E-state index < -0.39 is 0 Å². The van der Waals surface area contributed by atoms with Gasteiger partial charge in [-0.15, -0.1) is 0 Å². The van der Waals surface area contributed by atoms with Gasteiger partial charge in [0.2, 0.25) is 0 Å². The number of aromatic nitrogens is 3. The highest BCUT2D eigenvalue weighted by atomic mass is 16.1. The fourth-order valence-electron chi connectivity index (χ4n) is 4.13. The van der Waals surface area contributed by atoms with Crippen LogP contribution >= 0.6 is 0 Å². The maximum atomic E-state index is 12.5. The molecule has 0 unspecified atom stereocenters. The second-order valence-corrected chi connectivity index (χ2v) is 7.40. The molecule has 4 aromatic rings. The summed E-state index contributed by atoms with van der Waals surface area (Å²) in [7, 11) is 0. The molecule has 0 spiro atoms. The Bertz CT molecular complexity index is 1240. The third kappa shape index (κ3) is 2.54. The van der Waals surface area contributed by atoms with Crippen LogP contribution in [0.15, 0.2) is 65.7 Å². The van der Waals surface area contributed by atoms with Crippen molar-refractivity contribution >= 4 is 11.3 Å². The molecule has 5 nitrogen and oxygen atoms in total. The number of hydrogen-bond donors (Lipinski definition) is 1. The molecule has 0 aliphatic carbocycles. The van der Waals surface area contributed by atoms with E-state index in [1.165, 1.54) is 5.56 Å². The first kappa shape index (κ1) is 16.8. The molecule has 1 atom stereocenters. The van der Waals surface area contributed by atoms with Gasteiger partial charge in [-0.25, -0.2) is 4.98 Å². The minimum atomic E-state index is -0.0243. The Balaban J connectivity index is 1.75. The molecule has 28 heavy (non-hydrogen) atoms. The second kappa shape index (κ2) is 6.37. The third-order valence-corrected chi connectivity index (χ3v) is 5.76. The summed E-state index contributed by atoms with van der Waals surface area (Å²) in [5.74, 6) is 0. The van der Waals surface area contributed by atoms with Crippen molar-refractivity contribution in [3.05, 3.63) is 93.8 Å². The quantitative estimate of drug-likeness (QED) is 0.575. The monoisotopic (exact) mass is 370 g/mol. The molecule has 1 aliphatic heterocycles. The maximum absolute atomic E-state index is 12.5. The van der Waals surface area contributed by atoms with Gasteiger partial charge in [0.15, 0.2) is 5.65 Å². The average molecular weight is 370 g/mol. The van der Waals surface area contributed by atoms with Gasteiger partial charge in [0, 0.05) is 29.7 Å². The fourth-order valence-corrected chi connectivity index (χ4v) is 4.13. The summed E-state index contributed by atoms with van der Waals surface area (Å²) in [4.78, 5) is 17.4. The summed E-state index contributed by atoms with van der Waals surface area (Å²) >= 11 is 0. The molecule has 5 heteroatoms. The molecular formula is C23H22N4O. The Labute approximate surface area is 163 Å². The number of imidazole rings is 1. The van der Waals surface area contributed by atoms with Gasteiger partial charge in [0.05, 0.1) is 23.1 Å². The third-order valence-electron chi connectivity index (χ3n) is 5.76. The van der Waals surface area contributed by atoms with Gasteiger partial charge >= 0.3 is 0 Å². The van der Waals surface area contributed by atoms with E-state index in [0.717, 1.165) is 46.8 Å². The molecule has 0 radical (unpaired) electrons. The van der Waals surface area contributed by atoms with Gasteiger partial charge in [-0.05, 0) is 38.3 Å². The van der Waals surface area contributed by atoms with Gasteiger partial charge < -0.3 is 9.72 Å². The minimum absolute atomic E-state index is 0.0243. The lowest BCUT2D eigenvalue weighted by molar-refractivity contribution is 0.663. The normalized spacial score (nSPS) is 16.0. The summed E-state index contributed by atoms with van der Waals surface area (Å²) in [6.07, 6.45) is 5.75. The van der Waals surface area contributed by atoms with Crippen molar-refractivity contribution in [1.82, 2.24) is 14.0 Å². The Morgan fingerprint density at radius 2 is 1.86 bits per heavy atom. The van der Waals surface area contributed by atoms with Crippen LogP contribution in [0.4, 0.5) is 5.69 Å². The summed E-state index contributed by atoms with van der Waals surface area (Å²) in [6.45, 7) is 4.09. The number of anilines is 1. The number of aryl methyl sites for hydroxylation is 2. The molecule has 0 saturated carbocycles. The topological polar surface area (TPSA) is 51.3 Å². The SMILES string of the molecule is Cc1nc2c3c(c(-n4ccccc4=O)cn2c1C)CC[C@@H](c1ccccc1)N3. The molecule has 1 aromatic carbocycles. The van der Waals surface area contributed by atoms with E-state index >= 15 is 0 Å². The van der Waals surface area contributed by atoms with Crippen molar-refractivity contribution in [2.45, 2.75) is 32.7 Å².